The van der Waals surface area contributed by atoms with Gasteiger partial charge in [-0.3, -0.25) is 9.59 Å². The maximum Gasteiger partial charge on any atom is 0.242 e. The van der Waals surface area contributed by atoms with Crippen LogP contribution in [0.3, 0.4) is 0 Å². The highest BCUT2D eigenvalue weighted by Crippen LogP contribution is 2.35. The summed E-state index contributed by atoms with van der Waals surface area (Å²) in [6.45, 7) is 5.91. The maximum atomic E-state index is 13.6. The maximum absolute atomic E-state index is 13.6. The molecule has 1 fully saturated rings. The summed E-state index contributed by atoms with van der Waals surface area (Å²) in [6, 6.07) is 9.39. The third-order valence-corrected chi connectivity index (χ3v) is 7.46. The molecule has 8 heteroatoms. The molecule has 1 saturated heterocycles. The predicted molar refractivity (Wildman–Crippen MR) is 131 cm³/mol. The molecule has 184 valence electrons. The number of nitrogens with zero attached hydrogens (tertiary/aromatic N) is 2. The van der Waals surface area contributed by atoms with Crippen LogP contribution in [-0.2, 0) is 20.7 Å². The predicted octanol–water partition coefficient (Wildman–Crippen LogP) is 3.93. The van der Waals surface area contributed by atoms with Crippen molar-refractivity contribution in [1.29, 1.82) is 0 Å². The molecule has 0 saturated carbocycles. The van der Waals surface area contributed by atoms with Crippen LogP contribution in [-0.4, -0.2) is 67.7 Å². The average Bonchev–Trinajstić information content (AvgIpc) is 3.53. The zero-order valence-corrected chi connectivity index (χ0v) is 21.0. The van der Waals surface area contributed by atoms with Crippen LogP contribution in [0.25, 0.3) is 0 Å². The topological polar surface area (TPSA) is 68.3 Å². The minimum absolute atomic E-state index is 0.00464. The molecule has 0 aliphatic carbocycles. The Balaban J connectivity index is 1.51. The van der Waals surface area contributed by atoms with Gasteiger partial charge in [0.1, 0.15) is 6.61 Å². The Hall–Kier alpha value is -2.58. The molecule has 2 aliphatic rings. The van der Waals surface area contributed by atoms with E-state index in [9.17, 15) is 9.59 Å². The second-order valence-electron chi connectivity index (χ2n) is 9.12. The molecule has 2 aliphatic heterocycles. The second-order valence-corrected chi connectivity index (χ2v) is 10.1. The number of carbonyl (C=O) groups excluding carboxylic acids is 2. The van der Waals surface area contributed by atoms with Crippen LogP contribution in [0.4, 0.5) is 0 Å². The fourth-order valence-corrected chi connectivity index (χ4v) is 5.60. The molecule has 1 aromatic carbocycles. The van der Waals surface area contributed by atoms with E-state index < -0.39 is 0 Å². The lowest BCUT2D eigenvalue weighted by atomic mass is 10.00. The second kappa shape index (κ2) is 11.2. The number of ether oxygens (including phenoxy) is 3. The Morgan fingerprint density at radius 1 is 1.24 bits per heavy atom. The molecule has 2 aromatic rings. The van der Waals surface area contributed by atoms with Gasteiger partial charge in [0.05, 0.1) is 25.8 Å². The first-order valence-electron chi connectivity index (χ1n) is 12.0. The van der Waals surface area contributed by atoms with Crippen LogP contribution in [0.1, 0.15) is 43.2 Å². The average molecular weight is 487 g/mol. The number of amides is 2. The van der Waals surface area contributed by atoms with Crippen LogP contribution < -0.4 is 9.47 Å². The zero-order valence-electron chi connectivity index (χ0n) is 20.2. The molecule has 3 heterocycles. The van der Waals surface area contributed by atoms with Crippen LogP contribution in [0.2, 0.25) is 0 Å². The molecule has 0 N–H and O–H groups in total. The van der Waals surface area contributed by atoms with Gasteiger partial charge in [-0.15, -0.1) is 11.3 Å². The lowest BCUT2D eigenvalue weighted by Crippen LogP contribution is -2.50. The first-order chi connectivity index (χ1) is 16.5. The van der Waals surface area contributed by atoms with Gasteiger partial charge >= 0.3 is 0 Å². The molecule has 34 heavy (non-hydrogen) atoms. The Kier molecular flexibility index (Phi) is 8.11. The summed E-state index contributed by atoms with van der Waals surface area (Å²) in [6.07, 6.45) is 2.74. The Labute approximate surface area is 205 Å². The first-order valence-corrected chi connectivity index (χ1v) is 12.9. The molecule has 0 unspecified atom stereocenters. The van der Waals surface area contributed by atoms with E-state index in [2.05, 4.69) is 11.4 Å². The van der Waals surface area contributed by atoms with Gasteiger partial charge in [0.15, 0.2) is 11.5 Å². The van der Waals surface area contributed by atoms with Gasteiger partial charge in [0, 0.05) is 30.5 Å². The number of benzene rings is 1. The van der Waals surface area contributed by atoms with Gasteiger partial charge in [-0.2, -0.15) is 0 Å². The third kappa shape index (κ3) is 5.55. The standard InChI is InChI=1S/C26H34N2O5S/c1-18(2)26(30)27(15-19-7-6-13-32-19)16-25(29)28-12-10-24-20(11-14-34-24)21(28)17-33-23-9-5-4-8-22(23)31-3/h4-5,8-9,11,14,18-19,21H,6-7,10,12-13,15-17H2,1-3H3/t19-,21-/m0/s1. The van der Waals surface area contributed by atoms with Gasteiger partial charge < -0.3 is 24.0 Å². The SMILES string of the molecule is COc1ccccc1OC[C@H]1c2ccsc2CCN1C(=O)CN(C[C@@H]1CCCO1)C(=O)C(C)C. The van der Waals surface area contributed by atoms with Crippen molar-refractivity contribution in [2.45, 2.75) is 45.3 Å². The van der Waals surface area contributed by atoms with Crippen molar-refractivity contribution >= 4 is 23.2 Å². The molecule has 0 spiro atoms. The van der Waals surface area contributed by atoms with Gasteiger partial charge in [-0.05, 0) is 48.4 Å². The summed E-state index contributed by atoms with van der Waals surface area (Å²) in [7, 11) is 1.62. The number of fused-ring (bicyclic) bond motifs is 1. The number of methoxy groups -OCH3 is 1. The molecular formula is C26H34N2O5S. The highest BCUT2D eigenvalue weighted by atomic mass is 32.1. The molecule has 1 aromatic heterocycles. The third-order valence-electron chi connectivity index (χ3n) is 6.46. The number of hydrogen-bond acceptors (Lipinski definition) is 6. The number of hydrogen-bond donors (Lipinski definition) is 0. The number of carbonyl (C=O) groups is 2. The van der Waals surface area contributed by atoms with E-state index in [1.54, 1.807) is 23.3 Å². The summed E-state index contributed by atoms with van der Waals surface area (Å²) in [5.41, 5.74) is 1.13. The molecule has 2 atom stereocenters. The van der Waals surface area contributed by atoms with Crippen LogP contribution >= 0.6 is 11.3 Å². The lowest BCUT2D eigenvalue weighted by Gasteiger charge is -2.37. The van der Waals surface area contributed by atoms with E-state index in [4.69, 9.17) is 14.2 Å². The summed E-state index contributed by atoms with van der Waals surface area (Å²) in [5, 5.41) is 2.07. The van der Waals surface area contributed by atoms with Crippen molar-refractivity contribution in [3.8, 4) is 11.5 Å². The van der Waals surface area contributed by atoms with Crippen LogP contribution in [0.15, 0.2) is 35.7 Å². The van der Waals surface area contributed by atoms with Gasteiger partial charge in [0.2, 0.25) is 11.8 Å². The van der Waals surface area contributed by atoms with Gasteiger partial charge in [-0.25, -0.2) is 0 Å². The zero-order chi connectivity index (χ0) is 24.1. The van der Waals surface area contributed by atoms with Crippen LogP contribution in [0.5, 0.6) is 11.5 Å². The molecular weight excluding hydrogens is 452 g/mol. The Morgan fingerprint density at radius 2 is 2.03 bits per heavy atom. The van der Waals surface area contributed by atoms with Crippen molar-refractivity contribution in [3.05, 3.63) is 46.2 Å². The fourth-order valence-electron chi connectivity index (χ4n) is 4.67. The first kappa shape index (κ1) is 24.5. The minimum Gasteiger partial charge on any atom is -0.493 e. The van der Waals surface area contributed by atoms with Crippen molar-refractivity contribution in [3.63, 3.8) is 0 Å². The smallest absolute Gasteiger partial charge is 0.242 e. The summed E-state index contributed by atoms with van der Waals surface area (Å²) in [5.74, 6) is 1.06. The van der Waals surface area contributed by atoms with Crippen molar-refractivity contribution < 1.29 is 23.8 Å². The van der Waals surface area contributed by atoms with E-state index >= 15 is 0 Å². The normalized spacial score (nSPS) is 19.7. The molecule has 0 radical (unpaired) electrons. The molecule has 0 bridgehead atoms. The van der Waals surface area contributed by atoms with E-state index in [1.807, 2.05) is 43.0 Å². The highest BCUT2D eigenvalue weighted by Gasteiger charge is 2.34. The summed E-state index contributed by atoms with van der Waals surface area (Å²) in [4.78, 5) is 31.4. The number of para-hydroxylation sites is 2. The number of rotatable bonds is 9. The fraction of sp³-hybridized carbons (Fsp3) is 0.538. The van der Waals surface area contributed by atoms with Crippen molar-refractivity contribution in [1.82, 2.24) is 9.80 Å². The largest absolute Gasteiger partial charge is 0.493 e. The van der Waals surface area contributed by atoms with E-state index in [0.29, 0.717) is 31.2 Å². The quantitative estimate of drug-likeness (QED) is 0.537. The summed E-state index contributed by atoms with van der Waals surface area (Å²) < 4.78 is 17.3. The molecule has 4 rings (SSSR count). The van der Waals surface area contributed by atoms with Gasteiger partial charge in [0.25, 0.3) is 0 Å². The van der Waals surface area contributed by atoms with Gasteiger partial charge in [-0.1, -0.05) is 26.0 Å². The van der Waals surface area contributed by atoms with E-state index in [1.165, 1.54) is 4.88 Å². The van der Waals surface area contributed by atoms with E-state index in [0.717, 1.165) is 31.4 Å². The lowest BCUT2D eigenvalue weighted by molar-refractivity contribution is -0.145. The monoisotopic (exact) mass is 486 g/mol. The minimum atomic E-state index is -0.217. The van der Waals surface area contributed by atoms with E-state index in [-0.39, 0.29) is 36.4 Å². The van der Waals surface area contributed by atoms with Crippen molar-refractivity contribution in [2.75, 3.05) is 40.0 Å². The Bertz CT molecular complexity index is 985. The molecule has 7 nitrogen and oxygen atoms in total. The molecule has 2 amide bonds. The highest BCUT2D eigenvalue weighted by molar-refractivity contribution is 7.10. The number of thiophene rings is 1. The van der Waals surface area contributed by atoms with Crippen LogP contribution in [0, 0.1) is 5.92 Å². The summed E-state index contributed by atoms with van der Waals surface area (Å²) >= 11 is 1.72. The Morgan fingerprint density at radius 3 is 2.74 bits per heavy atom. The van der Waals surface area contributed by atoms with Crippen molar-refractivity contribution in [2.24, 2.45) is 5.92 Å².